The summed E-state index contributed by atoms with van der Waals surface area (Å²) in [7, 11) is 0. The van der Waals surface area contributed by atoms with Crippen molar-refractivity contribution in [3.05, 3.63) is 63.5 Å². The number of aliphatic hydroxyl groups is 1. The molecule has 19 heavy (non-hydrogen) atoms. The van der Waals surface area contributed by atoms with Crippen LogP contribution in [-0.2, 0) is 4.79 Å². The van der Waals surface area contributed by atoms with Crippen molar-refractivity contribution in [3.8, 4) is 0 Å². The number of hydrogen-bond donors (Lipinski definition) is 2. The summed E-state index contributed by atoms with van der Waals surface area (Å²) in [5.41, 5.74) is 0.840. The maximum atomic E-state index is 13.3. The normalized spacial score (nSPS) is 11.9. The zero-order valence-corrected chi connectivity index (χ0v) is 12.0. The molecule has 2 aromatic rings. The molecule has 0 aliphatic rings. The highest BCUT2D eigenvalue weighted by Gasteiger charge is 2.18. The third-order valence-electron chi connectivity index (χ3n) is 2.57. The summed E-state index contributed by atoms with van der Waals surface area (Å²) in [6.07, 6.45) is -1.28. The van der Waals surface area contributed by atoms with Crippen LogP contribution in [0.15, 0.2) is 48.5 Å². The van der Waals surface area contributed by atoms with Gasteiger partial charge in [0, 0.05) is 0 Å². The van der Waals surface area contributed by atoms with Crippen LogP contribution in [0.5, 0.6) is 0 Å². The minimum atomic E-state index is -1.28. The third-order valence-corrected chi connectivity index (χ3v) is 3.67. The summed E-state index contributed by atoms with van der Waals surface area (Å²) in [5, 5.41) is 12.4. The molecule has 0 heterocycles. The Morgan fingerprint density at radius 2 is 1.84 bits per heavy atom. The number of hydrogen-bond acceptors (Lipinski definition) is 2. The first-order valence-electron chi connectivity index (χ1n) is 5.57. The minimum absolute atomic E-state index is 0.314. The molecule has 0 radical (unpaired) electrons. The van der Waals surface area contributed by atoms with Gasteiger partial charge in [-0.15, -0.1) is 0 Å². The average molecular weight is 371 g/mol. The van der Waals surface area contributed by atoms with Crippen LogP contribution in [0.3, 0.4) is 0 Å². The van der Waals surface area contributed by atoms with Gasteiger partial charge in [0.25, 0.3) is 5.91 Å². The van der Waals surface area contributed by atoms with E-state index < -0.39 is 17.8 Å². The fraction of sp³-hybridized carbons (Fsp3) is 0.0714. The van der Waals surface area contributed by atoms with Crippen molar-refractivity contribution < 1.29 is 14.3 Å². The smallest absolute Gasteiger partial charge is 0.257 e. The summed E-state index contributed by atoms with van der Waals surface area (Å²) in [5.74, 6) is -0.998. The highest BCUT2D eigenvalue weighted by Crippen LogP contribution is 2.22. The van der Waals surface area contributed by atoms with Crippen molar-refractivity contribution in [1.82, 2.24) is 0 Å². The topological polar surface area (TPSA) is 49.3 Å². The zero-order valence-electron chi connectivity index (χ0n) is 9.81. The number of aliphatic hydroxyl groups excluding tert-OH is 1. The number of amides is 1. The standard InChI is InChI=1S/C14H11FINO2/c15-10-7-4-8-11(12(10)16)17-14(19)13(18)9-5-2-1-3-6-9/h1-8,13,18H,(H,17,19). The van der Waals surface area contributed by atoms with Crippen LogP contribution in [0, 0.1) is 9.39 Å². The van der Waals surface area contributed by atoms with Gasteiger partial charge in [-0.3, -0.25) is 4.79 Å². The molecule has 2 rings (SSSR count). The van der Waals surface area contributed by atoms with E-state index in [4.69, 9.17) is 0 Å². The van der Waals surface area contributed by atoms with Crippen molar-refractivity contribution in [2.45, 2.75) is 6.10 Å². The fourth-order valence-corrected chi connectivity index (χ4v) is 2.08. The molecule has 0 spiro atoms. The van der Waals surface area contributed by atoms with Crippen LogP contribution < -0.4 is 5.32 Å². The number of rotatable bonds is 3. The van der Waals surface area contributed by atoms with Gasteiger partial charge in [0.05, 0.1) is 9.26 Å². The number of halogens is 2. The SMILES string of the molecule is O=C(Nc1cccc(F)c1I)C(O)c1ccccc1. The predicted octanol–water partition coefficient (Wildman–Crippen LogP) is 3.10. The predicted molar refractivity (Wildman–Crippen MR) is 79.1 cm³/mol. The zero-order chi connectivity index (χ0) is 13.8. The molecule has 5 heteroatoms. The lowest BCUT2D eigenvalue weighted by Gasteiger charge is -2.12. The van der Waals surface area contributed by atoms with Crippen LogP contribution in [0.2, 0.25) is 0 Å². The van der Waals surface area contributed by atoms with Crippen molar-refractivity contribution in [2.75, 3.05) is 5.32 Å². The van der Waals surface area contributed by atoms with Crippen LogP contribution in [-0.4, -0.2) is 11.0 Å². The van der Waals surface area contributed by atoms with E-state index in [1.807, 2.05) is 0 Å². The van der Waals surface area contributed by atoms with Gasteiger partial charge in [-0.2, -0.15) is 0 Å². The van der Waals surface area contributed by atoms with Gasteiger partial charge >= 0.3 is 0 Å². The molecule has 2 aromatic carbocycles. The van der Waals surface area contributed by atoms with E-state index in [2.05, 4.69) is 5.32 Å². The van der Waals surface area contributed by atoms with E-state index in [0.29, 0.717) is 14.8 Å². The first kappa shape index (κ1) is 14.0. The Hall–Kier alpha value is -1.47. The second-order valence-corrected chi connectivity index (χ2v) is 4.98. The quantitative estimate of drug-likeness (QED) is 0.815. The summed E-state index contributed by atoms with van der Waals surface area (Å²) >= 11 is 1.81. The monoisotopic (exact) mass is 371 g/mol. The Labute approximate surface area is 123 Å². The van der Waals surface area contributed by atoms with E-state index >= 15 is 0 Å². The molecule has 1 unspecified atom stereocenters. The Bertz CT molecular complexity index is 589. The third kappa shape index (κ3) is 3.30. The summed E-state index contributed by atoms with van der Waals surface area (Å²) in [6, 6.07) is 13.0. The Balaban J connectivity index is 2.15. The molecule has 0 bridgehead atoms. The van der Waals surface area contributed by atoms with Crippen molar-refractivity contribution in [3.63, 3.8) is 0 Å². The van der Waals surface area contributed by atoms with Gasteiger partial charge in [-0.1, -0.05) is 36.4 Å². The molecule has 0 aliphatic heterocycles. The van der Waals surface area contributed by atoms with E-state index in [0.717, 1.165) is 0 Å². The lowest BCUT2D eigenvalue weighted by Crippen LogP contribution is -2.21. The maximum Gasteiger partial charge on any atom is 0.257 e. The van der Waals surface area contributed by atoms with E-state index in [9.17, 15) is 14.3 Å². The van der Waals surface area contributed by atoms with Crippen LogP contribution in [0.25, 0.3) is 0 Å². The molecular formula is C14H11FINO2. The van der Waals surface area contributed by atoms with Crippen molar-refractivity contribution in [1.29, 1.82) is 0 Å². The molecule has 0 fully saturated rings. The lowest BCUT2D eigenvalue weighted by molar-refractivity contribution is -0.124. The first-order valence-corrected chi connectivity index (χ1v) is 6.65. The van der Waals surface area contributed by atoms with Gasteiger partial charge in [0.15, 0.2) is 6.10 Å². The second kappa shape index (κ2) is 6.12. The first-order chi connectivity index (χ1) is 9.09. The minimum Gasteiger partial charge on any atom is -0.378 e. The highest BCUT2D eigenvalue weighted by molar-refractivity contribution is 14.1. The lowest BCUT2D eigenvalue weighted by atomic mass is 10.1. The molecule has 0 saturated carbocycles. The van der Waals surface area contributed by atoms with Gasteiger partial charge in [-0.25, -0.2) is 4.39 Å². The Morgan fingerprint density at radius 3 is 2.53 bits per heavy atom. The molecule has 0 saturated heterocycles. The summed E-state index contributed by atoms with van der Waals surface area (Å²) in [6.45, 7) is 0. The molecule has 3 nitrogen and oxygen atoms in total. The van der Waals surface area contributed by atoms with E-state index in [-0.39, 0.29) is 0 Å². The van der Waals surface area contributed by atoms with Gasteiger partial charge in [0.2, 0.25) is 0 Å². The maximum absolute atomic E-state index is 13.3. The van der Waals surface area contributed by atoms with Crippen LogP contribution >= 0.6 is 22.6 Å². The largest absolute Gasteiger partial charge is 0.378 e. The van der Waals surface area contributed by atoms with Gasteiger partial charge in [0.1, 0.15) is 5.82 Å². The molecular weight excluding hydrogens is 360 g/mol. The Kier molecular flexibility index (Phi) is 4.49. The van der Waals surface area contributed by atoms with Crippen molar-refractivity contribution in [2.24, 2.45) is 0 Å². The van der Waals surface area contributed by atoms with Gasteiger partial charge in [-0.05, 0) is 40.3 Å². The molecule has 1 amide bonds. The van der Waals surface area contributed by atoms with E-state index in [1.165, 1.54) is 12.1 Å². The number of anilines is 1. The van der Waals surface area contributed by atoms with Crippen molar-refractivity contribution >= 4 is 34.2 Å². The summed E-state index contributed by atoms with van der Waals surface area (Å²) < 4.78 is 13.6. The molecule has 1 atom stereocenters. The Morgan fingerprint density at radius 1 is 1.16 bits per heavy atom. The van der Waals surface area contributed by atoms with Crippen LogP contribution in [0.4, 0.5) is 10.1 Å². The second-order valence-electron chi connectivity index (χ2n) is 3.90. The number of carbonyl (C=O) groups is 1. The molecule has 0 aliphatic carbocycles. The molecule has 2 N–H and O–H groups in total. The number of benzene rings is 2. The van der Waals surface area contributed by atoms with Gasteiger partial charge < -0.3 is 10.4 Å². The van der Waals surface area contributed by atoms with E-state index in [1.54, 1.807) is 59.0 Å². The summed E-state index contributed by atoms with van der Waals surface area (Å²) in [4.78, 5) is 11.9. The highest BCUT2D eigenvalue weighted by atomic mass is 127. The number of nitrogens with one attached hydrogen (secondary N) is 1. The molecule has 0 aromatic heterocycles. The molecule has 98 valence electrons. The average Bonchev–Trinajstić information content (AvgIpc) is 2.44. The fourth-order valence-electron chi connectivity index (χ4n) is 1.59. The number of carbonyl (C=O) groups excluding carboxylic acids is 1. The van der Waals surface area contributed by atoms with Crippen LogP contribution in [0.1, 0.15) is 11.7 Å².